The Labute approximate surface area is 95.4 Å². The molecule has 0 rings (SSSR count). The summed E-state index contributed by atoms with van der Waals surface area (Å²) in [6.45, 7) is 0.993. The molecule has 0 aromatic carbocycles. The minimum atomic E-state index is -1.14. The minimum absolute atomic E-state index is 0.0262. The molecule has 2 N–H and O–H groups in total. The Morgan fingerprint density at radius 2 is 1.88 bits per heavy atom. The van der Waals surface area contributed by atoms with Crippen molar-refractivity contribution in [2.45, 2.75) is 32.6 Å². The lowest BCUT2D eigenvalue weighted by Gasteiger charge is -2.27. The lowest BCUT2D eigenvalue weighted by molar-refractivity contribution is -0.158. The topological polar surface area (TPSA) is 83.8 Å². The molecule has 0 radical (unpaired) electrons. The van der Waals surface area contributed by atoms with Crippen LogP contribution in [0.5, 0.6) is 0 Å². The van der Waals surface area contributed by atoms with Crippen molar-refractivity contribution in [3.63, 3.8) is 0 Å². The lowest BCUT2D eigenvalue weighted by Crippen LogP contribution is -2.38. The average Bonchev–Trinajstić information content (AvgIpc) is 2.26. The van der Waals surface area contributed by atoms with Crippen molar-refractivity contribution in [2.24, 2.45) is 5.41 Å². The fourth-order valence-electron chi connectivity index (χ4n) is 1.73. The number of hydrogen-bond donors (Lipinski definition) is 2. The first-order valence-corrected chi connectivity index (χ1v) is 5.32. The summed E-state index contributed by atoms with van der Waals surface area (Å²) in [5, 5.41) is 18.0. The predicted molar refractivity (Wildman–Crippen MR) is 57.8 cm³/mol. The highest BCUT2D eigenvalue weighted by Crippen LogP contribution is 2.30. The van der Waals surface area contributed by atoms with Gasteiger partial charge in [0, 0.05) is 13.0 Å². The largest absolute Gasteiger partial charge is 0.469 e. The molecular weight excluding hydrogens is 212 g/mol. The first kappa shape index (κ1) is 15.1. The second-order valence-corrected chi connectivity index (χ2v) is 3.99. The van der Waals surface area contributed by atoms with Crippen LogP contribution < -0.4 is 0 Å². The zero-order valence-electron chi connectivity index (χ0n) is 9.86. The molecule has 0 fully saturated rings. The molecule has 0 aliphatic heterocycles. The molecule has 0 heterocycles. The van der Waals surface area contributed by atoms with Crippen molar-refractivity contribution in [1.29, 1.82) is 0 Å². The fourth-order valence-corrected chi connectivity index (χ4v) is 1.73. The van der Waals surface area contributed by atoms with Gasteiger partial charge in [0.1, 0.15) is 5.78 Å². The van der Waals surface area contributed by atoms with Gasteiger partial charge in [-0.1, -0.05) is 0 Å². The molecule has 1 atom stereocenters. The smallest absolute Gasteiger partial charge is 0.314 e. The van der Waals surface area contributed by atoms with Crippen LogP contribution in [0.3, 0.4) is 0 Å². The molecule has 0 aromatic heterocycles. The third-order valence-corrected chi connectivity index (χ3v) is 2.57. The predicted octanol–water partition coefficient (Wildman–Crippen LogP) is 0.280. The normalized spacial score (nSPS) is 14.2. The van der Waals surface area contributed by atoms with Crippen LogP contribution in [0.2, 0.25) is 0 Å². The van der Waals surface area contributed by atoms with Crippen LogP contribution in [-0.2, 0) is 14.3 Å². The van der Waals surface area contributed by atoms with Crippen molar-refractivity contribution in [1.82, 2.24) is 0 Å². The molecule has 0 bridgehead atoms. The van der Waals surface area contributed by atoms with Crippen LogP contribution in [0.25, 0.3) is 0 Å². The number of hydrogen-bond acceptors (Lipinski definition) is 5. The van der Waals surface area contributed by atoms with E-state index in [2.05, 4.69) is 4.74 Å². The zero-order valence-corrected chi connectivity index (χ0v) is 9.86. The van der Waals surface area contributed by atoms with Gasteiger partial charge < -0.3 is 14.9 Å². The molecule has 5 nitrogen and oxygen atoms in total. The quantitative estimate of drug-likeness (QED) is 0.464. The molecule has 94 valence electrons. The molecule has 0 spiro atoms. The highest BCUT2D eigenvalue weighted by molar-refractivity contribution is 5.85. The molecule has 16 heavy (non-hydrogen) atoms. The Morgan fingerprint density at radius 1 is 1.25 bits per heavy atom. The number of esters is 1. The number of carbonyl (C=O) groups excluding carboxylic acids is 2. The summed E-state index contributed by atoms with van der Waals surface area (Å²) in [6.07, 6.45) is 1.42. The number of aliphatic hydroxyl groups excluding tert-OH is 2. The standard InChI is InChI=1S/C11H20O5/c1-9(14)7-11(8-13,10(15)16-2)5-3-4-6-12/h12-13H,3-8H2,1-2H3. The number of aliphatic hydroxyl groups is 2. The van der Waals surface area contributed by atoms with Crippen LogP contribution in [0, 0.1) is 5.41 Å². The summed E-state index contributed by atoms with van der Waals surface area (Å²) in [5.41, 5.74) is -1.14. The van der Waals surface area contributed by atoms with Gasteiger partial charge >= 0.3 is 5.97 Å². The summed E-state index contributed by atoms with van der Waals surface area (Å²) in [5.74, 6) is -0.730. The maximum absolute atomic E-state index is 11.6. The minimum Gasteiger partial charge on any atom is -0.469 e. The molecule has 0 saturated heterocycles. The zero-order chi connectivity index (χ0) is 12.6. The monoisotopic (exact) mass is 232 g/mol. The maximum atomic E-state index is 11.6. The van der Waals surface area contributed by atoms with E-state index in [1.54, 1.807) is 0 Å². The molecule has 1 unspecified atom stereocenters. The van der Waals surface area contributed by atoms with Crippen molar-refractivity contribution in [3.05, 3.63) is 0 Å². The van der Waals surface area contributed by atoms with Gasteiger partial charge in [-0.3, -0.25) is 9.59 Å². The third-order valence-electron chi connectivity index (χ3n) is 2.57. The number of ether oxygens (including phenoxy) is 1. The average molecular weight is 232 g/mol. The Bertz CT molecular complexity index is 239. The summed E-state index contributed by atoms with van der Waals surface area (Å²) in [4.78, 5) is 22.7. The summed E-state index contributed by atoms with van der Waals surface area (Å²) in [7, 11) is 1.24. The van der Waals surface area contributed by atoms with E-state index in [1.165, 1.54) is 14.0 Å². The Morgan fingerprint density at radius 3 is 2.25 bits per heavy atom. The van der Waals surface area contributed by atoms with Gasteiger partial charge in [-0.25, -0.2) is 0 Å². The van der Waals surface area contributed by atoms with Crippen molar-refractivity contribution in [2.75, 3.05) is 20.3 Å². The van der Waals surface area contributed by atoms with E-state index in [-0.39, 0.29) is 18.8 Å². The van der Waals surface area contributed by atoms with Gasteiger partial charge in [0.2, 0.25) is 0 Å². The number of ketones is 1. The lowest BCUT2D eigenvalue weighted by atomic mass is 9.79. The molecule has 0 aliphatic carbocycles. The Balaban J connectivity index is 4.66. The van der Waals surface area contributed by atoms with Gasteiger partial charge in [-0.05, 0) is 26.2 Å². The molecule has 5 heteroatoms. The second kappa shape index (κ2) is 7.35. The van der Waals surface area contributed by atoms with Crippen molar-refractivity contribution < 1.29 is 24.5 Å². The number of rotatable bonds is 8. The number of unbranched alkanes of at least 4 members (excludes halogenated alkanes) is 1. The summed E-state index contributed by atoms with van der Waals surface area (Å²) < 4.78 is 4.62. The summed E-state index contributed by atoms with van der Waals surface area (Å²) >= 11 is 0. The maximum Gasteiger partial charge on any atom is 0.314 e. The van der Waals surface area contributed by atoms with Gasteiger partial charge in [-0.2, -0.15) is 0 Å². The molecule has 0 aromatic rings. The number of methoxy groups -OCH3 is 1. The van der Waals surface area contributed by atoms with Crippen LogP contribution in [-0.4, -0.2) is 42.3 Å². The Kier molecular flexibility index (Phi) is 6.92. The SMILES string of the molecule is COC(=O)C(CO)(CCCCO)CC(C)=O. The van der Waals surface area contributed by atoms with Crippen LogP contribution in [0.15, 0.2) is 0 Å². The highest BCUT2D eigenvalue weighted by Gasteiger charge is 2.39. The van der Waals surface area contributed by atoms with E-state index in [0.717, 1.165) is 0 Å². The molecular formula is C11H20O5. The highest BCUT2D eigenvalue weighted by atomic mass is 16.5. The van der Waals surface area contributed by atoms with Crippen LogP contribution in [0.4, 0.5) is 0 Å². The van der Waals surface area contributed by atoms with E-state index in [1.807, 2.05) is 0 Å². The fraction of sp³-hybridized carbons (Fsp3) is 0.818. The third kappa shape index (κ3) is 4.28. The van der Waals surface area contributed by atoms with Gasteiger partial charge in [-0.15, -0.1) is 0 Å². The molecule has 0 amide bonds. The van der Waals surface area contributed by atoms with E-state index < -0.39 is 18.0 Å². The van der Waals surface area contributed by atoms with Gasteiger partial charge in [0.05, 0.1) is 19.1 Å². The van der Waals surface area contributed by atoms with Crippen molar-refractivity contribution >= 4 is 11.8 Å². The summed E-state index contributed by atoms with van der Waals surface area (Å²) in [6, 6.07) is 0. The Hall–Kier alpha value is -0.940. The van der Waals surface area contributed by atoms with Gasteiger partial charge in [0.15, 0.2) is 0 Å². The van der Waals surface area contributed by atoms with E-state index in [0.29, 0.717) is 19.3 Å². The van der Waals surface area contributed by atoms with E-state index in [9.17, 15) is 14.7 Å². The van der Waals surface area contributed by atoms with E-state index in [4.69, 9.17) is 5.11 Å². The number of carbonyl (C=O) groups is 2. The van der Waals surface area contributed by atoms with Crippen LogP contribution in [0.1, 0.15) is 32.6 Å². The molecule has 0 aliphatic rings. The number of Topliss-reactive ketones (excluding diaryl/α,β-unsaturated/α-hetero) is 1. The molecule has 0 saturated carbocycles. The van der Waals surface area contributed by atoms with E-state index >= 15 is 0 Å². The van der Waals surface area contributed by atoms with Gasteiger partial charge in [0.25, 0.3) is 0 Å². The van der Waals surface area contributed by atoms with Crippen molar-refractivity contribution in [3.8, 4) is 0 Å². The van der Waals surface area contributed by atoms with Crippen LogP contribution >= 0.6 is 0 Å². The first-order valence-electron chi connectivity index (χ1n) is 5.32. The second-order valence-electron chi connectivity index (χ2n) is 3.99. The first-order chi connectivity index (χ1) is 7.52.